The summed E-state index contributed by atoms with van der Waals surface area (Å²) in [5.74, 6) is -0.818. The topological polar surface area (TPSA) is 135 Å². The Hall–Kier alpha value is -4.73. The Morgan fingerprint density at radius 3 is 2.63 bits per heavy atom. The minimum Gasteiger partial charge on any atom is -0.479 e. The van der Waals surface area contributed by atoms with Gasteiger partial charge in [0.15, 0.2) is 17.4 Å². The summed E-state index contributed by atoms with van der Waals surface area (Å²) >= 11 is 0. The van der Waals surface area contributed by atoms with Gasteiger partial charge in [-0.3, -0.25) is 4.79 Å². The van der Waals surface area contributed by atoms with Crippen LogP contribution < -0.4 is 10.6 Å². The fourth-order valence-electron chi connectivity index (χ4n) is 4.02. The SMILES string of the molecule is CNc1nc2oc(-c3cccc(C(NC(=O)c4cccc(C)c4)C(=O)O)c3)nc2c2c1ncn2C. The number of nitrogens with one attached hydrogen (secondary N) is 2. The van der Waals surface area contributed by atoms with Crippen LogP contribution in [0, 0.1) is 6.92 Å². The summed E-state index contributed by atoms with van der Waals surface area (Å²) in [5, 5.41) is 15.5. The first-order valence-electron chi connectivity index (χ1n) is 10.9. The molecular weight excluding hydrogens is 448 g/mol. The van der Waals surface area contributed by atoms with Gasteiger partial charge in [-0.25, -0.2) is 14.8 Å². The molecule has 3 aromatic heterocycles. The van der Waals surface area contributed by atoms with Crippen molar-refractivity contribution in [2.75, 3.05) is 12.4 Å². The lowest BCUT2D eigenvalue weighted by Crippen LogP contribution is -2.33. The monoisotopic (exact) mass is 470 g/mol. The van der Waals surface area contributed by atoms with Gasteiger partial charge in [-0.05, 0) is 36.8 Å². The maximum absolute atomic E-state index is 12.7. The number of fused-ring (bicyclic) bond motifs is 3. The van der Waals surface area contributed by atoms with Crippen LogP contribution in [0.15, 0.2) is 59.3 Å². The molecule has 1 unspecified atom stereocenters. The van der Waals surface area contributed by atoms with E-state index in [1.165, 1.54) is 0 Å². The van der Waals surface area contributed by atoms with Crippen LogP contribution in [-0.4, -0.2) is 43.5 Å². The molecule has 0 aliphatic rings. The minimum absolute atomic E-state index is 0.277. The third-order valence-electron chi connectivity index (χ3n) is 5.71. The number of aliphatic carboxylic acids is 1. The van der Waals surface area contributed by atoms with E-state index in [1.54, 1.807) is 55.8 Å². The molecule has 0 saturated heterocycles. The van der Waals surface area contributed by atoms with Crippen molar-refractivity contribution >= 4 is 40.0 Å². The Kier molecular flexibility index (Phi) is 5.40. The maximum Gasteiger partial charge on any atom is 0.330 e. The number of carboxylic acids is 1. The second-order valence-electron chi connectivity index (χ2n) is 8.18. The molecule has 176 valence electrons. The molecule has 0 radical (unpaired) electrons. The number of oxazole rings is 1. The van der Waals surface area contributed by atoms with E-state index in [9.17, 15) is 14.7 Å². The van der Waals surface area contributed by atoms with E-state index in [0.29, 0.717) is 39.3 Å². The average Bonchev–Trinajstić information content (AvgIpc) is 3.45. The highest BCUT2D eigenvalue weighted by Crippen LogP contribution is 2.32. The lowest BCUT2D eigenvalue weighted by Gasteiger charge is -2.16. The molecule has 1 atom stereocenters. The summed E-state index contributed by atoms with van der Waals surface area (Å²) in [6.07, 6.45) is 1.68. The number of hydrogen-bond acceptors (Lipinski definition) is 7. The predicted molar refractivity (Wildman–Crippen MR) is 130 cm³/mol. The van der Waals surface area contributed by atoms with E-state index >= 15 is 0 Å². The average molecular weight is 470 g/mol. The Morgan fingerprint density at radius 2 is 1.89 bits per heavy atom. The van der Waals surface area contributed by atoms with Crippen molar-refractivity contribution in [2.24, 2.45) is 7.05 Å². The highest BCUT2D eigenvalue weighted by molar-refractivity contribution is 6.03. The van der Waals surface area contributed by atoms with Crippen molar-refractivity contribution in [3.63, 3.8) is 0 Å². The van der Waals surface area contributed by atoms with Gasteiger partial charge in [0.1, 0.15) is 11.0 Å². The van der Waals surface area contributed by atoms with E-state index in [-0.39, 0.29) is 5.89 Å². The first kappa shape index (κ1) is 22.1. The minimum atomic E-state index is -1.26. The van der Waals surface area contributed by atoms with Crippen molar-refractivity contribution < 1.29 is 19.1 Å². The fraction of sp³-hybridized carbons (Fsp3) is 0.160. The highest BCUT2D eigenvalue weighted by atomic mass is 16.4. The molecule has 0 fully saturated rings. The number of imidazole rings is 1. The van der Waals surface area contributed by atoms with E-state index < -0.39 is 17.9 Å². The molecule has 10 nitrogen and oxygen atoms in total. The predicted octanol–water partition coefficient (Wildman–Crippen LogP) is 3.68. The van der Waals surface area contributed by atoms with Crippen LogP contribution >= 0.6 is 0 Å². The third-order valence-corrected chi connectivity index (χ3v) is 5.71. The Morgan fingerprint density at radius 1 is 1.09 bits per heavy atom. The van der Waals surface area contributed by atoms with Crippen LogP contribution in [0.2, 0.25) is 0 Å². The number of carboxylic acid groups (broad SMARTS) is 1. The Labute approximate surface area is 199 Å². The number of carbonyl (C=O) groups is 2. The van der Waals surface area contributed by atoms with E-state index in [0.717, 1.165) is 11.1 Å². The Bertz CT molecular complexity index is 1600. The standard InChI is InChI=1S/C25H22N6O4/c1-13-6-4-8-15(10-13)22(32)28-17(25(33)34)14-7-5-9-16(11-14)23-29-19-20-18(27-12-31(20)3)21(26-2)30-24(19)35-23/h4-12,17H,1-3H3,(H,26,30)(H,28,32)(H,33,34). The molecule has 35 heavy (non-hydrogen) atoms. The van der Waals surface area contributed by atoms with Gasteiger partial charge in [0.25, 0.3) is 11.6 Å². The van der Waals surface area contributed by atoms with Crippen LogP contribution in [0.25, 0.3) is 33.7 Å². The lowest BCUT2D eigenvalue weighted by atomic mass is 10.0. The summed E-state index contributed by atoms with van der Waals surface area (Å²) in [5.41, 5.74) is 4.53. The van der Waals surface area contributed by atoms with Gasteiger partial charge in [-0.1, -0.05) is 29.8 Å². The normalized spacial score (nSPS) is 12.1. The molecule has 1 amide bonds. The summed E-state index contributed by atoms with van der Waals surface area (Å²) in [7, 11) is 3.61. The molecular formula is C25H22N6O4. The Balaban J connectivity index is 1.53. The van der Waals surface area contributed by atoms with Gasteiger partial charge in [0.05, 0.1) is 6.33 Å². The highest BCUT2D eigenvalue weighted by Gasteiger charge is 2.24. The van der Waals surface area contributed by atoms with Crippen LogP contribution in [0.5, 0.6) is 0 Å². The van der Waals surface area contributed by atoms with Crippen molar-refractivity contribution in [2.45, 2.75) is 13.0 Å². The van der Waals surface area contributed by atoms with Crippen LogP contribution in [-0.2, 0) is 11.8 Å². The second kappa shape index (κ2) is 8.56. The largest absolute Gasteiger partial charge is 0.479 e. The van der Waals surface area contributed by atoms with Crippen molar-refractivity contribution in [1.29, 1.82) is 0 Å². The molecule has 0 saturated carbocycles. The van der Waals surface area contributed by atoms with Crippen LogP contribution in [0.3, 0.4) is 0 Å². The lowest BCUT2D eigenvalue weighted by molar-refractivity contribution is -0.139. The number of hydrogen-bond donors (Lipinski definition) is 3. The number of benzene rings is 2. The van der Waals surface area contributed by atoms with Gasteiger partial charge >= 0.3 is 5.97 Å². The number of anilines is 1. The first-order valence-corrected chi connectivity index (χ1v) is 10.9. The number of pyridine rings is 1. The van der Waals surface area contributed by atoms with Crippen molar-refractivity contribution in [3.05, 3.63) is 71.5 Å². The van der Waals surface area contributed by atoms with Gasteiger partial charge in [0, 0.05) is 25.2 Å². The summed E-state index contributed by atoms with van der Waals surface area (Å²) in [6, 6.07) is 12.4. The molecule has 3 N–H and O–H groups in total. The third kappa shape index (κ3) is 3.95. The van der Waals surface area contributed by atoms with E-state index in [1.807, 2.05) is 24.6 Å². The molecule has 10 heteroatoms. The zero-order valence-electron chi connectivity index (χ0n) is 19.2. The van der Waals surface area contributed by atoms with Gasteiger partial charge < -0.3 is 24.7 Å². The number of rotatable bonds is 6. The summed E-state index contributed by atoms with van der Waals surface area (Å²) < 4.78 is 7.79. The molecule has 3 heterocycles. The molecule has 0 spiro atoms. The zero-order valence-corrected chi connectivity index (χ0v) is 19.2. The quantitative estimate of drug-likeness (QED) is 0.342. The number of aryl methyl sites for hydroxylation is 2. The molecule has 0 aliphatic heterocycles. The van der Waals surface area contributed by atoms with Crippen molar-refractivity contribution in [3.8, 4) is 11.5 Å². The molecule has 5 rings (SSSR count). The van der Waals surface area contributed by atoms with Gasteiger partial charge in [-0.2, -0.15) is 4.98 Å². The van der Waals surface area contributed by atoms with Gasteiger partial charge in [-0.15, -0.1) is 0 Å². The summed E-state index contributed by atoms with van der Waals surface area (Å²) in [6.45, 7) is 1.86. The molecule has 0 aliphatic carbocycles. The number of nitrogens with zero attached hydrogens (tertiary/aromatic N) is 4. The van der Waals surface area contributed by atoms with Crippen LogP contribution in [0.1, 0.15) is 27.5 Å². The van der Waals surface area contributed by atoms with E-state index in [2.05, 4.69) is 25.6 Å². The van der Waals surface area contributed by atoms with Gasteiger partial charge in [0.2, 0.25) is 5.89 Å². The molecule has 0 bridgehead atoms. The molecule has 5 aromatic rings. The summed E-state index contributed by atoms with van der Waals surface area (Å²) in [4.78, 5) is 38.3. The fourth-order valence-corrected chi connectivity index (χ4v) is 4.02. The smallest absolute Gasteiger partial charge is 0.330 e. The number of aromatic nitrogens is 4. The second-order valence-corrected chi connectivity index (χ2v) is 8.18. The number of carbonyl (C=O) groups excluding carboxylic acids is 1. The number of amides is 1. The van der Waals surface area contributed by atoms with E-state index in [4.69, 9.17) is 4.42 Å². The van der Waals surface area contributed by atoms with Crippen LogP contribution in [0.4, 0.5) is 5.82 Å². The zero-order chi connectivity index (χ0) is 24.7. The molecule has 2 aromatic carbocycles. The first-order chi connectivity index (χ1) is 16.9. The van der Waals surface area contributed by atoms with Crippen molar-refractivity contribution in [1.82, 2.24) is 24.8 Å². The maximum atomic E-state index is 12.7.